The van der Waals surface area contributed by atoms with Gasteiger partial charge in [-0.05, 0) is 47.7 Å². The minimum Gasteiger partial charge on any atom is -0.333 e. The van der Waals surface area contributed by atoms with E-state index in [-0.39, 0.29) is 10.8 Å². The van der Waals surface area contributed by atoms with Crippen LogP contribution in [0, 0.1) is 0 Å². The van der Waals surface area contributed by atoms with Gasteiger partial charge in [-0.1, -0.05) is 6.42 Å². The molecule has 0 N–H and O–H groups in total. The van der Waals surface area contributed by atoms with Crippen LogP contribution in [-0.2, 0) is 23.0 Å². The zero-order chi connectivity index (χ0) is 17.4. The maximum atomic E-state index is 13.0. The Kier molecular flexibility index (Phi) is 4.70. The van der Waals surface area contributed by atoms with Crippen molar-refractivity contribution >= 4 is 38.6 Å². The Morgan fingerprint density at radius 3 is 2.56 bits per heavy atom. The molecule has 2 aromatic heterocycles. The molecule has 0 atom stereocenters. The summed E-state index contributed by atoms with van der Waals surface area (Å²) in [5.41, 5.74) is 1.18. The van der Waals surface area contributed by atoms with Crippen molar-refractivity contribution in [3.05, 3.63) is 38.2 Å². The minimum atomic E-state index is -3.58. The number of carbonyl (C=O) groups is 1. The molecular weight excluding hydrogens is 376 g/mol. The topological polar surface area (TPSA) is 57.7 Å². The third-order valence-corrected chi connectivity index (χ3v) is 8.85. The molecular formula is C17H20N2O3S3. The molecule has 0 unspecified atom stereocenters. The molecule has 4 heterocycles. The molecule has 0 aromatic carbocycles. The van der Waals surface area contributed by atoms with Crippen LogP contribution in [0.2, 0.25) is 0 Å². The average molecular weight is 397 g/mol. The molecule has 25 heavy (non-hydrogen) atoms. The summed E-state index contributed by atoms with van der Waals surface area (Å²) in [5, 5.41) is 3.76. The van der Waals surface area contributed by atoms with Crippen LogP contribution in [0.4, 0.5) is 0 Å². The largest absolute Gasteiger partial charge is 0.333 e. The highest BCUT2D eigenvalue weighted by molar-refractivity contribution is 7.89. The second-order valence-corrected chi connectivity index (χ2v) is 10.2. The summed E-state index contributed by atoms with van der Waals surface area (Å²) in [7, 11) is -3.58. The summed E-state index contributed by atoms with van der Waals surface area (Å²) in [6, 6.07) is 3.64. The predicted octanol–water partition coefficient (Wildman–Crippen LogP) is 3.18. The van der Waals surface area contributed by atoms with Crippen LogP contribution >= 0.6 is 22.7 Å². The summed E-state index contributed by atoms with van der Waals surface area (Å²) in [4.78, 5) is 16.6. The quantitative estimate of drug-likeness (QED) is 0.801. The number of sulfonamides is 1. The highest BCUT2D eigenvalue weighted by Gasteiger charge is 2.33. The number of carbonyl (C=O) groups excluding carboxylic acids is 1. The molecule has 0 radical (unpaired) electrons. The number of piperidine rings is 1. The van der Waals surface area contributed by atoms with Crippen molar-refractivity contribution < 1.29 is 13.2 Å². The molecule has 4 rings (SSSR count). The van der Waals surface area contributed by atoms with Crippen LogP contribution < -0.4 is 0 Å². The maximum absolute atomic E-state index is 13.0. The molecule has 0 spiro atoms. The Hall–Kier alpha value is -1.22. The Labute approximate surface area is 155 Å². The van der Waals surface area contributed by atoms with E-state index in [0.29, 0.717) is 31.1 Å². The van der Waals surface area contributed by atoms with Crippen molar-refractivity contribution in [2.75, 3.05) is 19.6 Å². The summed E-state index contributed by atoms with van der Waals surface area (Å²) < 4.78 is 27.5. The smallest absolute Gasteiger partial charge is 0.265 e. The van der Waals surface area contributed by atoms with Crippen LogP contribution in [-0.4, -0.2) is 43.2 Å². The van der Waals surface area contributed by atoms with Gasteiger partial charge in [-0.15, -0.1) is 22.7 Å². The van der Waals surface area contributed by atoms with Crippen LogP contribution in [0.3, 0.4) is 0 Å². The third kappa shape index (κ3) is 3.16. The van der Waals surface area contributed by atoms with Crippen LogP contribution in [0.25, 0.3) is 0 Å². The first-order valence-electron chi connectivity index (χ1n) is 8.49. The van der Waals surface area contributed by atoms with Gasteiger partial charge in [0.1, 0.15) is 9.77 Å². The number of hydrogen-bond donors (Lipinski definition) is 0. The van der Waals surface area contributed by atoms with Gasteiger partial charge in [-0.2, -0.15) is 4.31 Å². The second kappa shape index (κ2) is 6.83. The number of hydrogen-bond acceptors (Lipinski definition) is 5. The number of rotatable bonds is 3. The van der Waals surface area contributed by atoms with E-state index in [4.69, 9.17) is 0 Å². The standard InChI is InChI=1S/C17H20N2O3S3/c20-17(18-9-4-14-13(12-18)5-10-23-14)16-15(6-11-24-16)25(21,22)19-7-2-1-3-8-19/h5-6,10-11H,1-4,7-9,12H2. The van der Waals surface area contributed by atoms with E-state index in [9.17, 15) is 13.2 Å². The molecule has 2 aliphatic rings. The molecule has 1 saturated heterocycles. The first kappa shape index (κ1) is 17.2. The predicted molar refractivity (Wildman–Crippen MR) is 99.7 cm³/mol. The normalized spacial score (nSPS) is 19.0. The highest BCUT2D eigenvalue weighted by atomic mass is 32.2. The number of thiophene rings is 2. The molecule has 1 fully saturated rings. The molecule has 0 aliphatic carbocycles. The SMILES string of the molecule is O=C(c1sccc1S(=O)(=O)N1CCCCC1)N1CCc2sccc2C1. The Morgan fingerprint density at radius 1 is 1.00 bits per heavy atom. The van der Waals surface area contributed by atoms with Gasteiger partial charge in [0.05, 0.1) is 0 Å². The van der Waals surface area contributed by atoms with Gasteiger partial charge in [-0.25, -0.2) is 8.42 Å². The molecule has 134 valence electrons. The lowest BCUT2D eigenvalue weighted by atomic mass is 10.1. The van der Waals surface area contributed by atoms with E-state index in [2.05, 4.69) is 11.4 Å². The van der Waals surface area contributed by atoms with Gasteiger partial charge >= 0.3 is 0 Å². The molecule has 5 nitrogen and oxygen atoms in total. The van der Waals surface area contributed by atoms with E-state index >= 15 is 0 Å². The first-order valence-corrected chi connectivity index (χ1v) is 11.7. The van der Waals surface area contributed by atoms with Gasteiger partial charge in [-0.3, -0.25) is 4.79 Å². The van der Waals surface area contributed by atoms with E-state index in [0.717, 1.165) is 25.7 Å². The summed E-state index contributed by atoms with van der Waals surface area (Å²) in [6.45, 7) is 2.31. The zero-order valence-corrected chi connectivity index (χ0v) is 16.3. The van der Waals surface area contributed by atoms with Gasteiger partial charge in [0.15, 0.2) is 0 Å². The van der Waals surface area contributed by atoms with Crippen LogP contribution in [0.1, 0.15) is 39.4 Å². The zero-order valence-electron chi connectivity index (χ0n) is 13.8. The van der Waals surface area contributed by atoms with E-state index in [1.807, 2.05) is 0 Å². The van der Waals surface area contributed by atoms with Crippen molar-refractivity contribution in [1.29, 1.82) is 0 Å². The van der Waals surface area contributed by atoms with E-state index in [1.54, 1.807) is 27.7 Å². The van der Waals surface area contributed by atoms with E-state index in [1.165, 1.54) is 26.1 Å². The molecule has 2 aromatic rings. The lowest BCUT2D eigenvalue weighted by Crippen LogP contribution is -2.38. The fraction of sp³-hybridized carbons (Fsp3) is 0.471. The molecule has 8 heteroatoms. The van der Waals surface area contributed by atoms with Crippen molar-refractivity contribution in [2.24, 2.45) is 0 Å². The Balaban J connectivity index is 1.60. The Bertz CT molecular complexity index is 879. The summed E-state index contributed by atoms with van der Waals surface area (Å²) >= 11 is 2.96. The molecule has 0 saturated carbocycles. The second-order valence-electron chi connectivity index (χ2n) is 6.42. The van der Waals surface area contributed by atoms with Crippen molar-refractivity contribution in [3.63, 3.8) is 0 Å². The van der Waals surface area contributed by atoms with Gasteiger partial charge in [0, 0.05) is 31.1 Å². The van der Waals surface area contributed by atoms with Crippen molar-refractivity contribution in [3.8, 4) is 0 Å². The number of nitrogens with zero attached hydrogens (tertiary/aromatic N) is 2. The number of fused-ring (bicyclic) bond motifs is 1. The monoisotopic (exact) mass is 396 g/mol. The summed E-state index contributed by atoms with van der Waals surface area (Å²) in [5.74, 6) is -0.164. The van der Waals surface area contributed by atoms with Crippen molar-refractivity contribution in [2.45, 2.75) is 37.1 Å². The molecule has 2 aliphatic heterocycles. The first-order chi connectivity index (χ1) is 12.1. The fourth-order valence-electron chi connectivity index (χ4n) is 3.47. The maximum Gasteiger partial charge on any atom is 0.265 e. The molecule has 1 amide bonds. The highest BCUT2D eigenvalue weighted by Crippen LogP contribution is 2.31. The number of amides is 1. The lowest BCUT2D eigenvalue weighted by molar-refractivity contribution is 0.0737. The van der Waals surface area contributed by atoms with Gasteiger partial charge in [0.25, 0.3) is 5.91 Å². The lowest BCUT2D eigenvalue weighted by Gasteiger charge is -2.28. The average Bonchev–Trinajstić information content (AvgIpc) is 3.30. The van der Waals surface area contributed by atoms with Crippen molar-refractivity contribution in [1.82, 2.24) is 9.21 Å². The molecule has 0 bridgehead atoms. The minimum absolute atomic E-state index is 0.164. The third-order valence-electron chi connectivity index (χ3n) is 4.85. The fourth-order valence-corrected chi connectivity index (χ4v) is 7.24. The Morgan fingerprint density at radius 2 is 1.76 bits per heavy atom. The summed E-state index contributed by atoms with van der Waals surface area (Å²) in [6.07, 6.45) is 3.69. The van der Waals surface area contributed by atoms with Gasteiger partial charge in [0.2, 0.25) is 10.0 Å². The van der Waals surface area contributed by atoms with E-state index < -0.39 is 10.0 Å². The van der Waals surface area contributed by atoms with Gasteiger partial charge < -0.3 is 4.90 Å². The van der Waals surface area contributed by atoms with Crippen LogP contribution in [0.15, 0.2) is 27.8 Å². The van der Waals surface area contributed by atoms with Crippen LogP contribution in [0.5, 0.6) is 0 Å².